The molecule has 0 fully saturated rings. The van der Waals surface area contributed by atoms with Gasteiger partial charge in [0, 0.05) is 30.9 Å². The first-order chi connectivity index (χ1) is 7.36. The van der Waals surface area contributed by atoms with Gasteiger partial charge in [0.1, 0.15) is 0 Å². The summed E-state index contributed by atoms with van der Waals surface area (Å²) in [6.45, 7) is 8.98. The Kier molecular flexibility index (Phi) is 3.68. The van der Waals surface area contributed by atoms with Crippen LogP contribution in [-0.2, 0) is 5.41 Å². The molecule has 0 saturated heterocycles. The molecular formula is C13H20N2O. The number of rotatable bonds is 2. The Morgan fingerprint density at radius 3 is 2.38 bits per heavy atom. The van der Waals surface area contributed by atoms with Gasteiger partial charge in [0.25, 0.3) is 5.91 Å². The molecule has 0 aliphatic carbocycles. The number of hydrogen-bond acceptors (Lipinski definition) is 2. The van der Waals surface area contributed by atoms with Gasteiger partial charge in [-0.25, -0.2) is 0 Å². The van der Waals surface area contributed by atoms with Crippen LogP contribution in [0, 0.1) is 0 Å². The fourth-order valence-electron chi connectivity index (χ4n) is 1.33. The lowest BCUT2D eigenvalue weighted by atomic mass is 9.91. The number of amides is 1. The normalized spacial score (nSPS) is 11.3. The largest absolute Gasteiger partial charge is 0.342 e. The molecule has 0 N–H and O–H groups in total. The van der Waals surface area contributed by atoms with Crippen molar-refractivity contribution < 1.29 is 4.79 Å². The summed E-state index contributed by atoms with van der Waals surface area (Å²) < 4.78 is 0. The van der Waals surface area contributed by atoms with Gasteiger partial charge in [0.2, 0.25) is 0 Å². The van der Waals surface area contributed by atoms with Crippen LogP contribution in [-0.4, -0.2) is 29.4 Å². The minimum atomic E-state index is 0.0236. The number of aromatic nitrogens is 1. The van der Waals surface area contributed by atoms with Crippen molar-refractivity contribution in [2.45, 2.75) is 33.1 Å². The van der Waals surface area contributed by atoms with E-state index >= 15 is 0 Å². The highest BCUT2D eigenvalue weighted by Gasteiger charge is 2.16. The standard InChI is InChI=1S/C13H20N2O/c1-6-15(5)12(16)10-7-8-11(14-9-10)13(2,3)4/h7-9H,6H2,1-5H3. The lowest BCUT2D eigenvalue weighted by Gasteiger charge is -2.18. The molecule has 1 amide bonds. The minimum absolute atomic E-state index is 0.0236. The topological polar surface area (TPSA) is 33.2 Å². The molecule has 1 heterocycles. The molecule has 88 valence electrons. The van der Waals surface area contributed by atoms with E-state index in [1.165, 1.54) is 0 Å². The summed E-state index contributed by atoms with van der Waals surface area (Å²) in [5.41, 5.74) is 1.68. The van der Waals surface area contributed by atoms with Crippen molar-refractivity contribution in [1.82, 2.24) is 9.88 Å². The summed E-state index contributed by atoms with van der Waals surface area (Å²) in [7, 11) is 1.79. The van der Waals surface area contributed by atoms with Gasteiger partial charge in [0.05, 0.1) is 5.56 Å². The van der Waals surface area contributed by atoms with Gasteiger partial charge >= 0.3 is 0 Å². The third-order valence-electron chi connectivity index (χ3n) is 2.60. The summed E-state index contributed by atoms with van der Waals surface area (Å²) in [6, 6.07) is 3.78. The van der Waals surface area contributed by atoms with E-state index in [1.54, 1.807) is 18.1 Å². The average molecular weight is 220 g/mol. The highest BCUT2D eigenvalue weighted by Crippen LogP contribution is 2.19. The van der Waals surface area contributed by atoms with Crippen LogP contribution in [0.3, 0.4) is 0 Å². The third-order valence-corrected chi connectivity index (χ3v) is 2.60. The zero-order valence-corrected chi connectivity index (χ0v) is 10.7. The van der Waals surface area contributed by atoms with Crippen LogP contribution >= 0.6 is 0 Å². The summed E-state index contributed by atoms with van der Waals surface area (Å²) in [5, 5.41) is 0. The molecule has 0 aromatic carbocycles. The molecule has 0 bridgehead atoms. The highest BCUT2D eigenvalue weighted by molar-refractivity contribution is 5.93. The number of hydrogen-bond donors (Lipinski definition) is 0. The van der Waals surface area contributed by atoms with E-state index in [9.17, 15) is 4.79 Å². The molecular weight excluding hydrogens is 200 g/mol. The van der Waals surface area contributed by atoms with Gasteiger partial charge in [-0.15, -0.1) is 0 Å². The number of nitrogens with zero attached hydrogens (tertiary/aromatic N) is 2. The van der Waals surface area contributed by atoms with Crippen LogP contribution in [0.1, 0.15) is 43.7 Å². The van der Waals surface area contributed by atoms with E-state index in [0.29, 0.717) is 12.1 Å². The first-order valence-electron chi connectivity index (χ1n) is 5.58. The Labute approximate surface area is 97.5 Å². The molecule has 0 unspecified atom stereocenters. The Hall–Kier alpha value is -1.38. The first-order valence-corrected chi connectivity index (χ1v) is 5.58. The molecule has 0 aliphatic rings. The summed E-state index contributed by atoms with van der Waals surface area (Å²) >= 11 is 0. The number of carbonyl (C=O) groups is 1. The predicted molar refractivity (Wildman–Crippen MR) is 65.6 cm³/mol. The van der Waals surface area contributed by atoms with E-state index in [2.05, 4.69) is 25.8 Å². The number of carbonyl (C=O) groups excluding carboxylic acids is 1. The van der Waals surface area contributed by atoms with Crippen LogP contribution in [0.4, 0.5) is 0 Å². The zero-order chi connectivity index (χ0) is 12.3. The average Bonchev–Trinajstić information content (AvgIpc) is 2.26. The van der Waals surface area contributed by atoms with Crippen LogP contribution < -0.4 is 0 Å². The fourth-order valence-corrected chi connectivity index (χ4v) is 1.33. The van der Waals surface area contributed by atoms with Gasteiger partial charge in [-0.3, -0.25) is 9.78 Å². The SMILES string of the molecule is CCN(C)C(=O)c1ccc(C(C)(C)C)nc1. The van der Waals surface area contributed by atoms with Crippen molar-refractivity contribution in [3.63, 3.8) is 0 Å². The molecule has 16 heavy (non-hydrogen) atoms. The van der Waals surface area contributed by atoms with Crippen molar-refractivity contribution in [2.75, 3.05) is 13.6 Å². The molecule has 0 saturated carbocycles. The Morgan fingerprint density at radius 1 is 1.38 bits per heavy atom. The second kappa shape index (κ2) is 4.64. The summed E-state index contributed by atoms with van der Waals surface area (Å²) in [6.07, 6.45) is 1.66. The van der Waals surface area contributed by atoms with E-state index in [4.69, 9.17) is 0 Å². The van der Waals surface area contributed by atoms with E-state index < -0.39 is 0 Å². The second-order valence-electron chi connectivity index (χ2n) is 5.00. The maximum atomic E-state index is 11.8. The molecule has 0 radical (unpaired) electrons. The molecule has 3 nitrogen and oxygen atoms in total. The van der Waals surface area contributed by atoms with Crippen LogP contribution in [0.25, 0.3) is 0 Å². The van der Waals surface area contributed by atoms with Crippen molar-refractivity contribution in [3.8, 4) is 0 Å². The molecule has 3 heteroatoms. The van der Waals surface area contributed by atoms with Crippen molar-refractivity contribution in [1.29, 1.82) is 0 Å². The summed E-state index contributed by atoms with van der Waals surface area (Å²) in [5.74, 6) is 0.0236. The number of pyridine rings is 1. The smallest absolute Gasteiger partial charge is 0.255 e. The van der Waals surface area contributed by atoms with Crippen molar-refractivity contribution in [2.24, 2.45) is 0 Å². The molecule has 0 aliphatic heterocycles. The monoisotopic (exact) mass is 220 g/mol. The maximum absolute atomic E-state index is 11.8. The minimum Gasteiger partial charge on any atom is -0.342 e. The van der Waals surface area contributed by atoms with Crippen LogP contribution in [0.2, 0.25) is 0 Å². The molecule has 1 rings (SSSR count). The first kappa shape index (κ1) is 12.7. The Morgan fingerprint density at radius 2 is 2.00 bits per heavy atom. The van der Waals surface area contributed by atoms with Crippen LogP contribution in [0.15, 0.2) is 18.3 Å². The van der Waals surface area contributed by atoms with E-state index in [-0.39, 0.29) is 11.3 Å². The van der Waals surface area contributed by atoms with E-state index in [1.807, 2.05) is 19.1 Å². The molecule has 0 atom stereocenters. The molecule has 1 aromatic heterocycles. The van der Waals surface area contributed by atoms with Crippen molar-refractivity contribution in [3.05, 3.63) is 29.6 Å². The lowest BCUT2D eigenvalue weighted by Crippen LogP contribution is -2.26. The summed E-state index contributed by atoms with van der Waals surface area (Å²) in [4.78, 5) is 17.8. The van der Waals surface area contributed by atoms with Gasteiger partial charge in [-0.1, -0.05) is 20.8 Å². The van der Waals surface area contributed by atoms with Gasteiger partial charge < -0.3 is 4.90 Å². The van der Waals surface area contributed by atoms with Gasteiger partial charge in [-0.2, -0.15) is 0 Å². The Bertz CT molecular complexity index is 363. The second-order valence-corrected chi connectivity index (χ2v) is 5.00. The van der Waals surface area contributed by atoms with Gasteiger partial charge in [-0.05, 0) is 19.1 Å². The fraction of sp³-hybridized carbons (Fsp3) is 0.538. The van der Waals surface area contributed by atoms with E-state index in [0.717, 1.165) is 5.69 Å². The molecule has 1 aromatic rings. The quantitative estimate of drug-likeness (QED) is 0.767. The van der Waals surface area contributed by atoms with Crippen LogP contribution in [0.5, 0.6) is 0 Å². The van der Waals surface area contributed by atoms with Crippen molar-refractivity contribution >= 4 is 5.91 Å². The zero-order valence-electron chi connectivity index (χ0n) is 10.7. The molecule has 0 spiro atoms. The predicted octanol–water partition coefficient (Wildman–Crippen LogP) is 2.47. The Balaban J connectivity index is 2.91. The van der Waals surface area contributed by atoms with Gasteiger partial charge in [0.15, 0.2) is 0 Å². The third kappa shape index (κ3) is 2.81. The maximum Gasteiger partial charge on any atom is 0.255 e. The highest BCUT2D eigenvalue weighted by atomic mass is 16.2. The lowest BCUT2D eigenvalue weighted by molar-refractivity contribution is 0.0802.